The van der Waals surface area contributed by atoms with Gasteiger partial charge in [-0.15, -0.1) is 13.6 Å². The Kier molecular flexibility index (Phi) is 5.60. The van der Waals surface area contributed by atoms with Crippen molar-refractivity contribution in [2.75, 3.05) is 0 Å². The van der Waals surface area contributed by atoms with Crippen molar-refractivity contribution in [3.05, 3.63) is 144 Å². The zero-order chi connectivity index (χ0) is 27.4. The molecule has 0 radical (unpaired) electrons. The van der Waals surface area contributed by atoms with Crippen molar-refractivity contribution in [2.24, 2.45) is 4.99 Å². The number of amidine groups is 1. The SMILES string of the molecule is Cc1ccc(C2=CC(c3ccccc3)=[N+]3C2=Nc2c(-c4ccc(C)cc4)cc(-c4ccccc4)n2[B-]3(C)C)cc1. The summed E-state index contributed by atoms with van der Waals surface area (Å²) in [7, 11) is 0. The van der Waals surface area contributed by atoms with Crippen LogP contribution in [0.15, 0.2) is 126 Å². The van der Waals surface area contributed by atoms with E-state index in [1.165, 1.54) is 44.8 Å². The summed E-state index contributed by atoms with van der Waals surface area (Å²) in [6.07, 6.45) is 1.02. The highest BCUT2D eigenvalue weighted by Gasteiger charge is 2.45. The van der Waals surface area contributed by atoms with Crippen LogP contribution in [-0.2, 0) is 0 Å². The predicted molar refractivity (Wildman–Crippen MR) is 170 cm³/mol. The van der Waals surface area contributed by atoms with Crippen molar-refractivity contribution in [3.63, 3.8) is 0 Å². The number of aryl methyl sites for hydroxylation is 2. The van der Waals surface area contributed by atoms with Gasteiger partial charge in [0.1, 0.15) is 0 Å². The Morgan fingerprint density at radius 2 is 1.18 bits per heavy atom. The first-order chi connectivity index (χ1) is 19.4. The lowest BCUT2D eigenvalue weighted by molar-refractivity contribution is -0.258. The van der Waals surface area contributed by atoms with Crippen molar-refractivity contribution in [3.8, 4) is 22.4 Å². The van der Waals surface area contributed by atoms with Gasteiger partial charge in [0, 0.05) is 16.8 Å². The molecule has 4 aromatic carbocycles. The van der Waals surface area contributed by atoms with Crippen LogP contribution in [-0.4, -0.2) is 26.9 Å². The van der Waals surface area contributed by atoms with Crippen LogP contribution in [0.3, 0.4) is 0 Å². The molecule has 3 heterocycles. The first-order valence-corrected chi connectivity index (χ1v) is 14.1. The molecule has 0 aliphatic carbocycles. The maximum absolute atomic E-state index is 5.54. The van der Waals surface area contributed by atoms with Gasteiger partial charge in [-0.1, -0.05) is 120 Å². The average molecular weight is 517 g/mol. The minimum absolute atomic E-state index is 1.02. The first kappa shape index (κ1) is 24.4. The lowest BCUT2D eigenvalue weighted by Crippen LogP contribution is -2.54. The second-order valence-corrected chi connectivity index (χ2v) is 11.6. The topological polar surface area (TPSA) is 20.3 Å². The summed E-state index contributed by atoms with van der Waals surface area (Å²) in [6, 6.07) is 41.4. The molecule has 7 rings (SSSR count). The second-order valence-electron chi connectivity index (χ2n) is 11.6. The van der Waals surface area contributed by atoms with Crippen molar-refractivity contribution in [1.29, 1.82) is 0 Å². The molecule has 0 spiro atoms. The Bertz CT molecular complexity index is 1840. The van der Waals surface area contributed by atoms with E-state index in [-0.39, 0.29) is 0 Å². The highest BCUT2D eigenvalue weighted by molar-refractivity contribution is 6.73. The number of hydrogen-bond donors (Lipinski definition) is 0. The smallest absolute Gasteiger partial charge is 0.289 e. The summed E-state index contributed by atoms with van der Waals surface area (Å²) >= 11 is 0. The number of nitrogens with zero attached hydrogens (tertiary/aromatic N) is 3. The third-order valence-electron chi connectivity index (χ3n) is 8.36. The van der Waals surface area contributed by atoms with Gasteiger partial charge in [0.15, 0.2) is 0 Å². The Labute approximate surface area is 236 Å². The standard InChI is InChI=1S/C36H32BN3/c1-25-15-19-27(20-16-25)31-23-33(29-11-7-5-8-12-29)39-35(31)38-36-32(28-21-17-26(2)18-22-28)24-34(40(36)37(39,3)4)30-13-9-6-10-14-30/h5-24H,1-4H3. The molecule has 0 unspecified atom stereocenters. The van der Waals surface area contributed by atoms with Crippen LogP contribution in [0, 0.1) is 13.8 Å². The van der Waals surface area contributed by atoms with Crippen LogP contribution in [0.5, 0.6) is 0 Å². The lowest BCUT2D eigenvalue weighted by Gasteiger charge is -2.39. The highest BCUT2D eigenvalue weighted by atomic mass is 15.3. The minimum Gasteiger partial charge on any atom is -0.440 e. The quantitative estimate of drug-likeness (QED) is 0.213. The van der Waals surface area contributed by atoms with Crippen molar-refractivity contribution < 1.29 is 4.49 Å². The molecule has 2 aliphatic rings. The van der Waals surface area contributed by atoms with Crippen LogP contribution in [0.25, 0.3) is 28.0 Å². The summed E-state index contributed by atoms with van der Waals surface area (Å²) in [5.74, 6) is 2.04. The van der Waals surface area contributed by atoms with E-state index in [1.807, 2.05) is 0 Å². The number of fused-ring (bicyclic) bond motifs is 2. The van der Waals surface area contributed by atoms with E-state index in [1.54, 1.807) is 0 Å². The Hall–Kier alpha value is -4.70. The van der Waals surface area contributed by atoms with Gasteiger partial charge in [0.2, 0.25) is 5.82 Å². The molecule has 0 fully saturated rings. The molecule has 0 saturated heterocycles. The number of aromatic nitrogens is 1. The molecule has 4 heteroatoms. The average Bonchev–Trinajstić information content (AvgIpc) is 3.56. The van der Waals surface area contributed by atoms with Gasteiger partial charge in [-0.25, -0.2) is 0 Å². The largest absolute Gasteiger partial charge is 0.440 e. The molecular weight excluding hydrogens is 485 g/mol. The summed E-state index contributed by atoms with van der Waals surface area (Å²) < 4.78 is 4.98. The van der Waals surface area contributed by atoms with Gasteiger partial charge in [-0.05, 0) is 47.7 Å². The molecule has 1 aromatic heterocycles. The van der Waals surface area contributed by atoms with E-state index in [0.29, 0.717) is 0 Å². The zero-order valence-electron chi connectivity index (χ0n) is 23.5. The normalized spacial score (nSPS) is 15.4. The summed E-state index contributed by atoms with van der Waals surface area (Å²) in [5.41, 5.74) is 12.0. The number of benzene rings is 4. The molecule has 40 heavy (non-hydrogen) atoms. The third kappa shape index (κ3) is 3.83. The van der Waals surface area contributed by atoms with Gasteiger partial charge in [0.25, 0.3) is 12.3 Å². The molecule has 0 atom stereocenters. The molecular formula is C36H32BN3. The van der Waals surface area contributed by atoms with Gasteiger partial charge in [-0.3, -0.25) is 0 Å². The molecule has 194 valence electrons. The number of allylic oxidation sites excluding steroid dienone is 1. The maximum atomic E-state index is 5.54. The van der Waals surface area contributed by atoms with Crippen LogP contribution in [0.4, 0.5) is 5.82 Å². The van der Waals surface area contributed by atoms with Gasteiger partial charge >= 0.3 is 0 Å². The zero-order valence-corrected chi connectivity index (χ0v) is 23.5. The van der Waals surface area contributed by atoms with Crippen LogP contribution >= 0.6 is 0 Å². The monoisotopic (exact) mass is 517 g/mol. The van der Waals surface area contributed by atoms with E-state index in [4.69, 9.17) is 4.99 Å². The highest BCUT2D eigenvalue weighted by Crippen LogP contribution is 2.45. The fourth-order valence-electron chi connectivity index (χ4n) is 6.31. The molecule has 3 nitrogen and oxygen atoms in total. The van der Waals surface area contributed by atoms with Crippen LogP contribution < -0.4 is 0 Å². The van der Waals surface area contributed by atoms with E-state index in [0.717, 1.165) is 22.8 Å². The van der Waals surface area contributed by atoms with Crippen LogP contribution in [0.1, 0.15) is 22.3 Å². The van der Waals surface area contributed by atoms with Crippen molar-refractivity contribution >= 4 is 29.4 Å². The Balaban J connectivity index is 1.55. The minimum atomic E-state index is -1.32. The van der Waals surface area contributed by atoms with Gasteiger partial charge in [-0.2, -0.15) is 0 Å². The van der Waals surface area contributed by atoms with Crippen LogP contribution in [0.2, 0.25) is 13.6 Å². The van der Waals surface area contributed by atoms with Gasteiger partial charge in [0.05, 0.1) is 11.3 Å². The summed E-state index contributed by atoms with van der Waals surface area (Å²) in [6.45, 7) is 9.02. The lowest BCUT2D eigenvalue weighted by atomic mass is 9.49. The molecule has 0 amide bonds. The number of hydrogen-bond acceptors (Lipinski definition) is 1. The van der Waals surface area contributed by atoms with E-state index in [9.17, 15) is 0 Å². The molecule has 5 aromatic rings. The van der Waals surface area contributed by atoms with E-state index < -0.39 is 6.42 Å². The predicted octanol–water partition coefficient (Wildman–Crippen LogP) is 8.63. The summed E-state index contributed by atoms with van der Waals surface area (Å²) in [5, 5.41) is 0. The molecule has 0 N–H and O–H groups in total. The Morgan fingerprint density at radius 3 is 1.77 bits per heavy atom. The second kappa shape index (κ2) is 9.20. The molecule has 0 bridgehead atoms. The molecule has 0 saturated carbocycles. The fraction of sp³-hybridized carbons (Fsp3) is 0.111. The Morgan fingerprint density at radius 1 is 0.625 bits per heavy atom. The fourth-order valence-corrected chi connectivity index (χ4v) is 6.31. The van der Waals surface area contributed by atoms with Gasteiger partial charge < -0.3 is 8.96 Å². The molecule has 2 aliphatic heterocycles. The van der Waals surface area contributed by atoms with Crippen molar-refractivity contribution in [1.82, 2.24) is 4.48 Å². The van der Waals surface area contributed by atoms with Crippen molar-refractivity contribution in [2.45, 2.75) is 27.5 Å². The van der Waals surface area contributed by atoms with E-state index >= 15 is 0 Å². The number of aliphatic imine (C=N–C) groups is 1. The van der Waals surface area contributed by atoms with E-state index in [2.05, 4.69) is 158 Å². The first-order valence-electron chi connectivity index (χ1n) is 14.1. The number of rotatable bonds is 4. The summed E-state index contributed by atoms with van der Waals surface area (Å²) in [4.78, 5) is 5.54. The maximum Gasteiger partial charge on any atom is 0.289 e. The third-order valence-corrected chi connectivity index (χ3v) is 8.36.